The quantitative estimate of drug-likeness (QED) is 0.834. The molecule has 0 saturated carbocycles. The van der Waals surface area contributed by atoms with Crippen LogP contribution in [-0.2, 0) is 11.3 Å². The molecule has 2 rings (SSSR count). The van der Waals surface area contributed by atoms with Crippen LogP contribution in [0.25, 0.3) is 0 Å². The largest absolute Gasteiger partial charge is 0.444 e. The lowest BCUT2D eigenvalue weighted by Gasteiger charge is -2.34. The van der Waals surface area contributed by atoms with E-state index in [1.165, 1.54) is 6.33 Å². The predicted octanol–water partition coefficient (Wildman–Crippen LogP) is 2.27. The molecule has 1 aromatic rings. The van der Waals surface area contributed by atoms with Crippen LogP contribution in [0.2, 0.25) is 0 Å². The number of nitrogens with zero attached hydrogens (tertiary/aromatic N) is 5. The first-order chi connectivity index (χ1) is 10.8. The number of hydrogen-bond donors (Lipinski definition) is 0. The lowest BCUT2D eigenvalue weighted by molar-refractivity contribution is 0.0157. The Morgan fingerprint density at radius 2 is 2.17 bits per heavy atom. The van der Waals surface area contributed by atoms with Crippen molar-refractivity contribution in [3.05, 3.63) is 17.7 Å². The number of imidazole rings is 1. The number of carbonyl (C=O) groups is 1. The van der Waals surface area contributed by atoms with Gasteiger partial charge in [-0.2, -0.15) is 10.5 Å². The van der Waals surface area contributed by atoms with Gasteiger partial charge in [-0.15, -0.1) is 0 Å². The minimum Gasteiger partial charge on any atom is -0.444 e. The van der Waals surface area contributed by atoms with Gasteiger partial charge in [-0.1, -0.05) is 0 Å². The lowest BCUT2D eigenvalue weighted by Crippen LogP contribution is -2.43. The predicted molar refractivity (Wildman–Crippen MR) is 82.2 cm³/mol. The third kappa shape index (κ3) is 4.23. The number of carbonyl (C=O) groups excluding carboxylic acids is 1. The zero-order valence-corrected chi connectivity index (χ0v) is 13.7. The molecular formula is C16H21N5O2. The molecule has 0 N–H and O–H groups in total. The molecule has 1 atom stereocenters. The van der Waals surface area contributed by atoms with Gasteiger partial charge in [-0.25, -0.2) is 9.78 Å². The average Bonchev–Trinajstić information content (AvgIpc) is 2.87. The number of nitriles is 2. The second kappa shape index (κ2) is 6.70. The molecule has 0 bridgehead atoms. The highest BCUT2D eigenvalue weighted by molar-refractivity contribution is 5.68. The number of piperidine rings is 1. The summed E-state index contributed by atoms with van der Waals surface area (Å²) in [7, 11) is 0. The molecule has 0 aromatic carbocycles. The van der Waals surface area contributed by atoms with Crippen LogP contribution in [0.1, 0.15) is 45.0 Å². The number of amides is 1. The van der Waals surface area contributed by atoms with Crippen LogP contribution in [0.15, 0.2) is 6.33 Å². The fourth-order valence-electron chi connectivity index (χ4n) is 2.70. The summed E-state index contributed by atoms with van der Waals surface area (Å²) in [4.78, 5) is 17.8. The summed E-state index contributed by atoms with van der Waals surface area (Å²) in [6.07, 6.45) is 3.07. The van der Waals surface area contributed by atoms with Crippen molar-refractivity contribution in [2.24, 2.45) is 5.92 Å². The fourth-order valence-corrected chi connectivity index (χ4v) is 2.70. The third-order valence-electron chi connectivity index (χ3n) is 3.68. The van der Waals surface area contributed by atoms with Crippen LogP contribution >= 0.6 is 0 Å². The van der Waals surface area contributed by atoms with E-state index in [2.05, 4.69) is 4.98 Å². The molecule has 1 fully saturated rings. The summed E-state index contributed by atoms with van der Waals surface area (Å²) >= 11 is 0. The van der Waals surface area contributed by atoms with E-state index < -0.39 is 5.60 Å². The molecule has 0 unspecified atom stereocenters. The van der Waals surface area contributed by atoms with E-state index in [9.17, 15) is 10.1 Å². The Morgan fingerprint density at radius 3 is 2.78 bits per heavy atom. The second-order valence-corrected chi connectivity index (χ2v) is 6.75. The standard InChI is InChI=1S/C16H21N5O2/c1-16(2,3)23-15(22)20-6-4-5-12(9-20)10-21-11-19-13(7-17)14(21)8-18/h11-12H,4-6,9-10H2,1-3H3/t12-/m1/s1. The van der Waals surface area contributed by atoms with Crippen molar-refractivity contribution < 1.29 is 9.53 Å². The first-order valence-corrected chi connectivity index (χ1v) is 7.67. The van der Waals surface area contributed by atoms with Gasteiger partial charge in [-0.3, -0.25) is 0 Å². The van der Waals surface area contributed by atoms with E-state index in [-0.39, 0.29) is 23.4 Å². The van der Waals surface area contributed by atoms with Crippen molar-refractivity contribution >= 4 is 6.09 Å². The molecule has 0 aliphatic carbocycles. The van der Waals surface area contributed by atoms with Crippen molar-refractivity contribution in [1.82, 2.24) is 14.5 Å². The van der Waals surface area contributed by atoms with Gasteiger partial charge in [0.15, 0.2) is 11.4 Å². The summed E-state index contributed by atoms with van der Waals surface area (Å²) in [6.45, 7) is 7.38. The number of rotatable bonds is 2. The van der Waals surface area contributed by atoms with Gasteiger partial charge in [0.05, 0.1) is 6.33 Å². The Balaban J connectivity index is 2.03. The molecule has 1 amide bonds. The van der Waals surface area contributed by atoms with Crippen molar-refractivity contribution in [3.8, 4) is 12.1 Å². The molecule has 7 nitrogen and oxygen atoms in total. The summed E-state index contributed by atoms with van der Waals surface area (Å²) in [5, 5.41) is 18.1. The van der Waals surface area contributed by atoms with Gasteiger partial charge in [0, 0.05) is 19.6 Å². The van der Waals surface area contributed by atoms with Crippen LogP contribution in [0.4, 0.5) is 4.79 Å². The van der Waals surface area contributed by atoms with E-state index in [4.69, 9.17) is 10.00 Å². The fraction of sp³-hybridized carbons (Fsp3) is 0.625. The van der Waals surface area contributed by atoms with Crippen LogP contribution < -0.4 is 0 Å². The van der Waals surface area contributed by atoms with Crippen LogP contribution in [0.5, 0.6) is 0 Å². The summed E-state index contributed by atoms with van der Waals surface area (Å²) in [5.74, 6) is 0.212. The monoisotopic (exact) mass is 315 g/mol. The number of ether oxygens (including phenoxy) is 1. The second-order valence-electron chi connectivity index (χ2n) is 6.75. The highest BCUT2D eigenvalue weighted by Gasteiger charge is 2.28. The average molecular weight is 315 g/mol. The summed E-state index contributed by atoms with van der Waals surface area (Å²) in [5.41, 5.74) is -0.0847. The molecule has 23 heavy (non-hydrogen) atoms. The minimum atomic E-state index is -0.510. The molecule has 122 valence electrons. The maximum atomic E-state index is 12.2. The van der Waals surface area contributed by atoms with E-state index in [0.29, 0.717) is 19.6 Å². The Kier molecular flexibility index (Phi) is 4.90. The number of hydrogen-bond acceptors (Lipinski definition) is 5. The van der Waals surface area contributed by atoms with Crippen molar-refractivity contribution in [3.63, 3.8) is 0 Å². The third-order valence-corrected chi connectivity index (χ3v) is 3.68. The summed E-state index contributed by atoms with van der Waals surface area (Å²) in [6, 6.07) is 3.94. The van der Waals surface area contributed by atoms with Crippen LogP contribution in [0, 0.1) is 28.6 Å². The van der Waals surface area contributed by atoms with E-state index in [0.717, 1.165) is 12.8 Å². The Bertz CT molecular complexity index is 659. The zero-order valence-electron chi connectivity index (χ0n) is 13.7. The SMILES string of the molecule is CC(C)(C)OC(=O)N1CCC[C@@H](Cn2cnc(C#N)c2C#N)C1. The molecule has 2 heterocycles. The Hall–Kier alpha value is -2.54. The van der Waals surface area contributed by atoms with E-state index >= 15 is 0 Å². The molecule has 0 radical (unpaired) electrons. The highest BCUT2D eigenvalue weighted by atomic mass is 16.6. The minimum absolute atomic E-state index is 0.146. The first kappa shape index (κ1) is 16.8. The van der Waals surface area contributed by atoms with Gasteiger partial charge < -0.3 is 14.2 Å². The van der Waals surface area contributed by atoms with Gasteiger partial charge in [-0.05, 0) is 39.5 Å². The Morgan fingerprint density at radius 1 is 1.43 bits per heavy atom. The molecule has 0 spiro atoms. The van der Waals surface area contributed by atoms with Crippen molar-refractivity contribution in [2.45, 2.75) is 45.8 Å². The smallest absolute Gasteiger partial charge is 0.410 e. The van der Waals surface area contributed by atoms with Crippen molar-refractivity contribution in [2.75, 3.05) is 13.1 Å². The van der Waals surface area contributed by atoms with Crippen LogP contribution in [-0.4, -0.2) is 39.2 Å². The van der Waals surface area contributed by atoms with E-state index in [1.54, 1.807) is 9.47 Å². The van der Waals surface area contributed by atoms with E-state index in [1.807, 2.05) is 32.9 Å². The lowest BCUT2D eigenvalue weighted by atomic mass is 9.98. The summed E-state index contributed by atoms with van der Waals surface area (Å²) < 4.78 is 7.11. The van der Waals surface area contributed by atoms with Crippen molar-refractivity contribution in [1.29, 1.82) is 10.5 Å². The van der Waals surface area contributed by atoms with Gasteiger partial charge in [0.25, 0.3) is 0 Å². The molecule has 1 aromatic heterocycles. The maximum Gasteiger partial charge on any atom is 0.410 e. The molecule has 1 saturated heterocycles. The number of aromatic nitrogens is 2. The molecular weight excluding hydrogens is 294 g/mol. The van der Waals surface area contributed by atoms with Gasteiger partial charge in [0.1, 0.15) is 17.7 Å². The molecule has 7 heteroatoms. The van der Waals surface area contributed by atoms with Gasteiger partial charge in [0.2, 0.25) is 0 Å². The number of likely N-dealkylation sites (tertiary alicyclic amines) is 1. The van der Waals surface area contributed by atoms with Crippen LogP contribution in [0.3, 0.4) is 0 Å². The highest BCUT2D eigenvalue weighted by Crippen LogP contribution is 2.21. The normalized spacial score (nSPS) is 18.1. The maximum absolute atomic E-state index is 12.2. The topological polar surface area (TPSA) is 94.9 Å². The zero-order chi connectivity index (χ0) is 17.0. The Labute approximate surface area is 136 Å². The molecule has 1 aliphatic rings. The van der Waals surface area contributed by atoms with Gasteiger partial charge >= 0.3 is 6.09 Å². The first-order valence-electron chi connectivity index (χ1n) is 7.67. The molecule has 1 aliphatic heterocycles.